The average Bonchev–Trinajstić information content (AvgIpc) is 3.33. The molecule has 2 aromatic rings. The second-order valence-corrected chi connectivity index (χ2v) is 7.29. The molecule has 4 rings (SSSR count). The quantitative estimate of drug-likeness (QED) is 0.753. The summed E-state index contributed by atoms with van der Waals surface area (Å²) in [4.78, 5) is 28.5. The zero-order chi connectivity index (χ0) is 18.8. The van der Waals surface area contributed by atoms with Gasteiger partial charge in [-0.2, -0.15) is 0 Å². The van der Waals surface area contributed by atoms with Crippen LogP contribution in [0.1, 0.15) is 37.5 Å². The van der Waals surface area contributed by atoms with E-state index in [2.05, 4.69) is 15.1 Å². The summed E-state index contributed by atoms with van der Waals surface area (Å²) in [6.45, 7) is 2.50. The molecule has 1 amide bonds. The Kier molecular flexibility index (Phi) is 5.07. The van der Waals surface area contributed by atoms with Gasteiger partial charge in [-0.15, -0.1) is 10.2 Å². The van der Waals surface area contributed by atoms with Crippen LogP contribution in [0.3, 0.4) is 0 Å². The third kappa shape index (κ3) is 3.53. The smallest absolute Gasteiger partial charge is 0.308 e. The highest BCUT2D eigenvalue weighted by Gasteiger charge is 2.33. The number of hydrogen-bond donors (Lipinski definition) is 0. The number of nitrogens with zero attached hydrogens (tertiary/aromatic N) is 5. The van der Waals surface area contributed by atoms with Crippen LogP contribution in [-0.4, -0.2) is 69.6 Å². The maximum atomic E-state index is 12.8. The van der Waals surface area contributed by atoms with Gasteiger partial charge in [-0.1, -0.05) is 6.07 Å². The molecule has 144 valence electrons. The van der Waals surface area contributed by atoms with Gasteiger partial charge in [-0.25, -0.2) is 0 Å². The van der Waals surface area contributed by atoms with E-state index in [1.54, 1.807) is 0 Å². The molecular formula is C19H25N5O3. The molecule has 8 nitrogen and oxygen atoms in total. The van der Waals surface area contributed by atoms with Crippen molar-refractivity contribution in [3.63, 3.8) is 0 Å². The van der Waals surface area contributed by atoms with Crippen LogP contribution in [0.25, 0.3) is 5.65 Å². The van der Waals surface area contributed by atoms with E-state index in [1.165, 1.54) is 7.11 Å². The maximum Gasteiger partial charge on any atom is 0.308 e. The molecule has 2 saturated heterocycles. The van der Waals surface area contributed by atoms with Crippen LogP contribution >= 0.6 is 0 Å². The van der Waals surface area contributed by atoms with E-state index >= 15 is 0 Å². The summed E-state index contributed by atoms with van der Waals surface area (Å²) in [6.07, 6.45) is 5.35. The summed E-state index contributed by atoms with van der Waals surface area (Å²) in [5.74, 6) is 0.778. The minimum absolute atomic E-state index is 0.0825. The largest absolute Gasteiger partial charge is 0.469 e. The van der Waals surface area contributed by atoms with Crippen molar-refractivity contribution in [1.82, 2.24) is 24.4 Å². The lowest BCUT2D eigenvalue weighted by Gasteiger charge is -2.32. The standard InChI is InChI=1S/C19H25N5O3/c1-27-19(26)14-7-11-22(12-8-14)17(25)13-23-9-4-5-15(23)18-21-20-16-6-2-3-10-24(16)18/h2-3,6,10,14-15H,4-5,7-9,11-13H2,1H3/t15-/m1/s1. The molecule has 2 aliphatic heterocycles. The van der Waals surface area contributed by atoms with Gasteiger partial charge in [-0.05, 0) is 44.4 Å². The third-order valence-electron chi connectivity index (χ3n) is 5.72. The molecule has 1 atom stereocenters. The summed E-state index contributed by atoms with van der Waals surface area (Å²) in [7, 11) is 1.42. The van der Waals surface area contributed by atoms with E-state index in [0.29, 0.717) is 32.5 Å². The van der Waals surface area contributed by atoms with Gasteiger partial charge >= 0.3 is 5.97 Å². The molecule has 2 fully saturated rings. The lowest BCUT2D eigenvalue weighted by molar-refractivity contribution is -0.149. The van der Waals surface area contributed by atoms with Gasteiger partial charge in [0.2, 0.25) is 5.91 Å². The van der Waals surface area contributed by atoms with Gasteiger partial charge in [0.05, 0.1) is 25.6 Å². The van der Waals surface area contributed by atoms with Crippen molar-refractivity contribution in [3.8, 4) is 0 Å². The van der Waals surface area contributed by atoms with Crippen LogP contribution in [0.5, 0.6) is 0 Å². The number of rotatable bonds is 4. The topological polar surface area (TPSA) is 80.0 Å². The summed E-state index contributed by atoms with van der Waals surface area (Å²) in [6, 6.07) is 5.96. The van der Waals surface area contributed by atoms with Crippen molar-refractivity contribution in [2.75, 3.05) is 33.3 Å². The number of methoxy groups -OCH3 is 1. The minimum atomic E-state index is -0.166. The van der Waals surface area contributed by atoms with Gasteiger partial charge in [-0.3, -0.25) is 18.9 Å². The third-order valence-corrected chi connectivity index (χ3v) is 5.72. The Morgan fingerprint density at radius 2 is 1.96 bits per heavy atom. The van der Waals surface area contributed by atoms with Gasteiger partial charge < -0.3 is 9.64 Å². The molecule has 4 heterocycles. The SMILES string of the molecule is COC(=O)C1CCN(C(=O)CN2CCC[C@@H]2c2nnc3ccccn23)CC1. The predicted molar refractivity (Wildman–Crippen MR) is 97.9 cm³/mol. The predicted octanol–water partition coefficient (Wildman–Crippen LogP) is 1.28. The van der Waals surface area contributed by atoms with Crippen molar-refractivity contribution in [2.45, 2.75) is 31.7 Å². The Bertz CT molecular complexity index is 828. The number of piperidine rings is 1. The summed E-state index contributed by atoms with van der Waals surface area (Å²) in [5.41, 5.74) is 0.829. The normalized spacial score (nSPS) is 21.7. The first kappa shape index (κ1) is 17.9. The highest BCUT2D eigenvalue weighted by molar-refractivity contribution is 5.79. The van der Waals surface area contributed by atoms with E-state index in [1.807, 2.05) is 33.7 Å². The monoisotopic (exact) mass is 371 g/mol. The summed E-state index contributed by atoms with van der Waals surface area (Å²) >= 11 is 0. The second-order valence-electron chi connectivity index (χ2n) is 7.29. The minimum Gasteiger partial charge on any atom is -0.469 e. The zero-order valence-electron chi connectivity index (χ0n) is 15.6. The molecule has 0 spiro atoms. The van der Waals surface area contributed by atoms with Crippen LogP contribution in [0.2, 0.25) is 0 Å². The van der Waals surface area contributed by atoms with Crippen LogP contribution < -0.4 is 0 Å². The highest BCUT2D eigenvalue weighted by Crippen LogP contribution is 2.31. The van der Waals surface area contributed by atoms with E-state index in [4.69, 9.17) is 4.74 Å². The lowest BCUT2D eigenvalue weighted by atomic mass is 9.97. The van der Waals surface area contributed by atoms with E-state index in [-0.39, 0.29) is 23.8 Å². The average molecular weight is 371 g/mol. The van der Waals surface area contributed by atoms with Crippen LogP contribution in [0.15, 0.2) is 24.4 Å². The molecule has 0 radical (unpaired) electrons. The van der Waals surface area contributed by atoms with E-state index < -0.39 is 0 Å². The summed E-state index contributed by atoms with van der Waals surface area (Å²) in [5, 5.41) is 8.63. The molecule has 0 aliphatic carbocycles. The van der Waals surface area contributed by atoms with Crippen molar-refractivity contribution >= 4 is 17.5 Å². The Balaban J connectivity index is 1.40. The lowest BCUT2D eigenvalue weighted by Crippen LogP contribution is -2.45. The molecule has 0 saturated carbocycles. The number of esters is 1. The molecule has 2 aromatic heterocycles. The molecule has 0 bridgehead atoms. The van der Waals surface area contributed by atoms with Crippen molar-refractivity contribution in [3.05, 3.63) is 30.2 Å². The van der Waals surface area contributed by atoms with E-state index in [9.17, 15) is 9.59 Å². The fraction of sp³-hybridized carbons (Fsp3) is 0.579. The fourth-order valence-corrected chi connectivity index (χ4v) is 4.20. The number of likely N-dealkylation sites (tertiary alicyclic amines) is 2. The first-order valence-corrected chi connectivity index (χ1v) is 9.56. The Hall–Kier alpha value is -2.48. The Morgan fingerprint density at radius 1 is 1.15 bits per heavy atom. The highest BCUT2D eigenvalue weighted by atomic mass is 16.5. The molecule has 0 aromatic carbocycles. The number of amides is 1. The molecular weight excluding hydrogens is 346 g/mol. The van der Waals surface area contributed by atoms with Gasteiger partial charge in [0.25, 0.3) is 0 Å². The molecule has 8 heteroatoms. The number of pyridine rings is 1. The number of fused-ring (bicyclic) bond motifs is 1. The van der Waals surface area contributed by atoms with Crippen LogP contribution in [-0.2, 0) is 14.3 Å². The number of ether oxygens (including phenoxy) is 1. The van der Waals surface area contributed by atoms with Crippen LogP contribution in [0.4, 0.5) is 0 Å². The summed E-state index contributed by atoms with van der Waals surface area (Å²) < 4.78 is 6.83. The van der Waals surface area contributed by atoms with Crippen molar-refractivity contribution < 1.29 is 14.3 Å². The van der Waals surface area contributed by atoms with Crippen LogP contribution in [0, 0.1) is 5.92 Å². The number of aromatic nitrogens is 3. The molecule has 2 aliphatic rings. The number of carbonyl (C=O) groups excluding carboxylic acids is 2. The second kappa shape index (κ2) is 7.64. The number of hydrogen-bond acceptors (Lipinski definition) is 6. The van der Waals surface area contributed by atoms with E-state index in [0.717, 1.165) is 30.9 Å². The molecule has 27 heavy (non-hydrogen) atoms. The first-order valence-electron chi connectivity index (χ1n) is 9.56. The Morgan fingerprint density at radius 3 is 2.74 bits per heavy atom. The Labute approximate surface area is 158 Å². The zero-order valence-corrected chi connectivity index (χ0v) is 15.6. The van der Waals surface area contributed by atoms with Crippen molar-refractivity contribution in [1.29, 1.82) is 0 Å². The maximum absolute atomic E-state index is 12.8. The first-order chi connectivity index (χ1) is 13.2. The van der Waals surface area contributed by atoms with Crippen molar-refractivity contribution in [2.24, 2.45) is 5.92 Å². The molecule has 0 unspecified atom stereocenters. The molecule has 0 N–H and O–H groups in total. The fourth-order valence-electron chi connectivity index (χ4n) is 4.20. The number of carbonyl (C=O) groups is 2. The van der Waals surface area contributed by atoms with Gasteiger partial charge in [0.15, 0.2) is 11.5 Å². The van der Waals surface area contributed by atoms with Gasteiger partial charge in [0.1, 0.15) is 0 Å². The van der Waals surface area contributed by atoms with Gasteiger partial charge in [0, 0.05) is 19.3 Å².